The van der Waals surface area contributed by atoms with Crippen molar-refractivity contribution in [1.82, 2.24) is 10.3 Å². The number of rotatable bonds is 7. The van der Waals surface area contributed by atoms with Gasteiger partial charge >= 0.3 is 29.6 Å². The number of fused-ring (bicyclic) bond motifs is 2. The molecule has 1 aliphatic heterocycles. The molecular weight excluding hydrogens is 500 g/mol. The average molecular weight is 521 g/mol. The van der Waals surface area contributed by atoms with Crippen molar-refractivity contribution in [2.75, 3.05) is 12.0 Å². The summed E-state index contributed by atoms with van der Waals surface area (Å²) in [5, 5.41) is 15.8. The number of nitrogens with one attached hydrogen (secondary N) is 1. The van der Waals surface area contributed by atoms with Gasteiger partial charge in [0, 0.05) is 29.2 Å². The zero-order valence-electron chi connectivity index (χ0n) is 20.7. The van der Waals surface area contributed by atoms with Gasteiger partial charge in [-0.05, 0) is 42.5 Å². The fraction of sp³-hybridized carbons (Fsp3) is 0.143. The number of aliphatic carboxylic acids is 1. The van der Waals surface area contributed by atoms with E-state index in [4.69, 9.17) is 4.74 Å². The van der Waals surface area contributed by atoms with E-state index in [1.807, 2.05) is 24.3 Å². The first-order valence-corrected chi connectivity index (χ1v) is 11.5. The van der Waals surface area contributed by atoms with Crippen LogP contribution >= 0.6 is 0 Å². The van der Waals surface area contributed by atoms with Gasteiger partial charge < -0.3 is 20.0 Å². The van der Waals surface area contributed by atoms with E-state index in [0.717, 1.165) is 15.7 Å². The Bertz CT molecular complexity index is 1560. The molecule has 1 N–H and O–H groups in total. The fourth-order valence-electron chi connectivity index (χ4n) is 4.65. The molecule has 0 fully saturated rings. The van der Waals surface area contributed by atoms with Crippen LogP contribution in [0.1, 0.15) is 28.9 Å². The monoisotopic (exact) mass is 521 g/mol. The van der Waals surface area contributed by atoms with Crippen molar-refractivity contribution in [2.24, 2.45) is 0 Å². The van der Waals surface area contributed by atoms with Gasteiger partial charge in [0.2, 0.25) is 0 Å². The molecule has 0 saturated heterocycles. The molecule has 1 atom stereocenters. The van der Waals surface area contributed by atoms with E-state index >= 15 is 0 Å². The summed E-state index contributed by atoms with van der Waals surface area (Å²) in [5.41, 5.74) is -1.26. The molecule has 8 nitrogen and oxygen atoms in total. The third-order valence-electron chi connectivity index (χ3n) is 6.46. The van der Waals surface area contributed by atoms with Gasteiger partial charge in [-0.1, -0.05) is 42.5 Å². The summed E-state index contributed by atoms with van der Waals surface area (Å²) < 4.78 is 20.2. The first-order valence-electron chi connectivity index (χ1n) is 11.5. The maximum atomic E-state index is 14.9. The van der Waals surface area contributed by atoms with Crippen LogP contribution in [0.3, 0.4) is 0 Å². The third-order valence-corrected chi connectivity index (χ3v) is 6.46. The summed E-state index contributed by atoms with van der Waals surface area (Å²) in [6.07, 6.45) is 0.685. The second-order valence-corrected chi connectivity index (χ2v) is 8.62. The molecule has 186 valence electrons. The molecule has 3 aromatic carbocycles. The summed E-state index contributed by atoms with van der Waals surface area (Å²) in [4.78, 5) is 44.4. The first kappa shape index (κ1) is 27.3. The van der Waals surface area contributed by atoms with Crippen molar-refractivity contribution in [3.63, 3.8) is 0 Å². The minimum Gasteiger partial charge on any atom is -0.550 e. The minimum atomic E-state index is -1.83. The number of carboxylic acids is 1. The number of halogens is 1. The number of benzene rings is 3. The number of carboxylic acid groups (broad SMARTS) is 1. The predicted octanol–water partition coefficient (Wildman–Crippen LogP) is 0.220. The summed E-state index contributed by atoms with van der Waals surface area (Å²) >= 11 is 0. The van der Waals surface area contributed by atoms with Crippen LogP contribution in [0.15, 0.2) is 79.0 Å². The average Bonchev–Trinajstić information content (AvgIpc) is 3.14. The van der Waals surface area contributed by atoms with Crippen LogP contribution in [0.2, 0.25) is 0 Å². The normalized spacial score (nSPS) is 16.1. The molecule has 4 aromatic rings. The van der Waals surface area contributed by atoms with Crippen molar-refractivity contribution < 1.29 is 58.2 Å². The number of pyridine rings is 1. The van der Waals surface area contributed by atoms with Gasteiger partial charge in [0.1, 0.15) is 22.8 Å². The second kappa shape index (κ2) is 10.9. The number of aromatic nitrogens is 1. The number of carbonyl (C=O) groups excluding carboxylic acids is 3. The Balaban J connectivity index is 0.00000336. The Morgan fingerprint density at radius 2 is 1.74 bits per heavy atom. The Morgan fingerprint density at radius 3 is 2.45 bits per heavy atom. The van der Waals surface area contributed by atoms with E-state index in [-0.39, 0.29) is 53.0 Å². The molecule has 0 saturated carbocycles. The van der Waals surface area contributed by atoms with Gasteiger partial charge in [0.05, 0.1) is 18.5 Å². The first-order chi connectivity index (χ1) is 17.8. The van der Waals surface area contributed by atoms with Crippen molar-refractivity contribution in [3.8, 4) is 5.75 Å². The number of amides is 2. The summed E-state index contributed by atoms with van der Waals surface area (Å²) in [6.45, 7) is 0. The van der Waals surface area contributed by atoms with Crippen LogP contribution in [-0.2, 0) is 15.1 Å². The molecule has 2 heterocycles. The van der Waals surface area contributed by atoms with Gasteiger partial charge in [-0.15, -0.1) is 0 Å². The molecule has 38 heavy (non-hydrogen) atoms. The van der Waals surface area contributed by atoms with Crippen LogP contribution in [0.5, 0.6) is 5.75 Å². The van der Waals surface area contributed by atoms with E-state index in [1.165, 1.54) is 25.3 Å². The van der Waals surface area contributed by atoms with Gasteiger partial charge in [0.15, 0.2) is 0 Å². The van der Waals surface area contributed by atoms with E-state index < -0.39 is 35.6 Å². The quantitative estimate of drug-likeness (QED) is 0.349. The maximum Gasteiger partial charge on any atom is 1.00 e. The van der Waals surface area contributed by atoms with Crippen LogP contribution in [0, 0.1) is 5.82 Å². The van der Waals surface area contributed by atoms with Gasteiger partial charge in [0.25, 0.3) is 11.8 Å². The molecule has 5 rings (SSSR count). The Morgan fingerprint density at radius 1 is 1.03 bits per heavy atom. The molecular formula is C28H21FN3NaO5. The zero-order chi connectivity index (χ0) is 26.2. The fourth-order valence-corrected chi connectivity index (χ4v) is 4.65. The number of anilines is 2. The summed E-state index contributed by atoms with van der Waals surface area (Å²) in [7, 11) is 1.45. The SMILES string of the molecule is COc1ccc2c(c1)N(c1ccccc1F)C(=O)[C@@]2(CCC(=O)[O-])NC(=O)c1cc2ccccc2cn1.[Na+]. The molecule has 2 amide bonds. The van der Waals surface area contributed by atoms with Crippen molar-refractivity contribution in [3.05, 3.63) is 96.1 Å². The van der Waals surface area contributed by atoms with E-state index in [2.05, 4.69) is 10.3 Å². The zero-order valence-corrected chi connectivity index (χ0v) is 22.7. The molecule has 0 aliphatic carbocycles. The Labute approximate surface area is 239 Å². The van der Waals surface area contributed by atoms with Crippen molar-refractivity contribution in [1.29, 1.82) is 0 Å². The standard InChI is InChI=1S/C28H22FN3O5.Na/c1-37-19-10-11-20-24(15-19)32(23-9-5-4-8-21(23)29)27(36)28(20,13-12-25(33)34)31-26(35)22-14-17-6-2-3-7-18(17)16-30-22;/h2-11,14-16H,12-13H2,1H3,(H,31,35)(H,33,34);/q;+1/p-1/t28-;/m0./s1. The van der Waals surface area contributed by atoms with E-state index in [0.29, 0.717) is 11.3 Å². The summed E-state index contributed by atoms with van der Waals surface area (Å²) in [5.74, 6) is -3.07. The number of nitrogens with zero attached hydrogens (tertiary/aromatic N) is 2. The topological polar surface area (TPSA) is 112 Å². The molecule has 0 radical (unpaired) electrons. The smallest absolute Gasteiger partial charge is 0.550 e. The van der Waals surface area contributed by atoms with Gasteiger partial charge in [-0.2, -0.15) is 0 Å². The van der Waals surface area contributed by atoms with Crippen molar-refractivity contribution in [2.45, 2.75) is 18.4 Å². The predicted molar refractivity (Wildman–Crippen MR) is 132 cm³/mol. The summed E-state index contributed by atoms with van der Waals surface area (Å²) in [6, 6.07) is 19.3. The van der Waals surface area contributed by atoms with Crippen molar-refractivity contribution >= 4 is 39.9 Å². The number of para-hydroxylation sites is 1. The van der Waals surface area contributed by atoms with Gasteiger partial charge in [-0.25, -0.2) is 4.39 Å². The largest absolute Gasteiger partial charge is 1.00 e. The van der Waals surface area contributed by atoms with Crippen LogP contribution in [0.25, 0.3) is 10.8 Å². The molecule has 0 bridgehead atoms. The molecule has 0 unspecified atom stereocenters. The number of hydrogen-bond acceptors (Lipinski definition) is 6. The molecule has 0 spiro atoms. The maximum absolute atomic E-state index is 14.9. The molecule has 1 aromatic heterocycles. The van der Waals surface area contributed by atoms with Crippen LogP contribution in [0.4, 0.5) is 15.8 Å². The van der Waals surface area contributed by atoms with Crippen LogP contribution in [-0.4, -0.2) is 29.9 Å². The minimum absolute atomic E-state index is 0. The van der Waals surface area contributed by atoms with E-state index in [1.54, 1.807) is 36.5 Å². The Hall–Kier alpha value is -3.79. The van der Waals surface area contributed by atoms with Gasteiger partial charge in [-0.3, -0.25) is 19.5 Å². The molecule has 1 aliphatic rings. The number of hydrogen-bond donors (Lipinski definition) is 1. The van der Waals surface area contributed by atoms with Crippen LogP contribution < -0.4 is 49.6 Å². The number of ether oxygens (including phenoxy) is 1. The van der Waals surface area contributed by atoms with E-state index in [9.17, 15) is 23.9 Å². The second-order valence-electron chi connectivity index (χ2n) is 8.62. The third kappa shape index (κ3) is 4.76. The molecule has 10 heteroatoms. The number of methoxy groups -OCH3 is 1. The number of carbonyl (C=O) groups is 3. The Kier molecular flexibility index (Phi) is 7.82.